The van der Waals surface area contributed by atoms with Crippen LogP contribution in [-0.4, -0.2) is 26.0 Å². The van der Waals surface area contributed by atoms with Crippen molar-refractivity contribution in [3.63, 3.8) is 0 Å². The summed E-state index contributed by atoms with van der Waals surface area (Å²) in [6.07, 6.45) is 3.73. The summed E-state index contributed by atoms with van der Waals surface area (Å²) in [6.45, 7) is 4.92. The molecule has 2 atom stereocenters. The molecule has 21 heavy (non-hydrogen) atoms. The maximum atomic E-state index is 5.73. The van der Waals surface area contributed by atoms with E-state index in [1.54, 1.807) is 17.5 Å². The van der Waals surface area contributed by atoms with E-state index in [4.69, 9.17) is 4.42 Å². The van der Waals surface area contributed by atoms with Crippen LogP contribution in [0.5, 0.6) is 0 Å². The number of hydrogen-bond acceptors (Lipinski definition) is 6. The summed E-state index contributed by atoms with van der Waals surface area (Å²) in [7, 11) is 0. The summed E-state index contributed by atoms with van der Waals surface area (Å²) >= 11 is 1.59. The zero-order chi connectivity index (χ0) is 14.7. The molecule has 0 bridgehead atoms. The molecule has 6 nitrogen and oxygen atoms in total. The molecule has 0 unspecified atom stereocenters. The molecule has 110 valence electrons. The Morgan fingerprint density at radius 1 is 1.33 bits per heavy atom. The molecule has 1 N–H and O–H groups in total. The highest BCUT2D eigenvalue weighted by Crippen LogP contribution is 2.24. The van der Waals surface area contributed by atoms with E-state index >= 15 is 0 Å². The lowest BCUT2D eigenvalue weighted by atomic mass is 10.2. The van der Waals surface area contributed by atoms with Crippen LogP contribution in [0, 0.1) is 0 Å². The van der Waals surface area contributed by atoms with Crippen molar-refractivity contribution in [2.45, 2.75) is 32.5 Å². The first-order valence-electron chi connectivity index (χ1n) is 6.83. The third kappa shape index (κ3) is 3.37. The van der Waals surface area contributed by atoms with Crippen LogP contribution in [0.3, 0.4) is 0 Å². The van der Waals surface area contributed by atoms with Crippen molar-refractivity contribution in [2.24, 2.45) is 0 Å². The fraction of sp³-hybridized carbons (Fsp3) is 0.357. The lowest BCUT2D eigenvalue weighted by Crippen LogP contribution is -2.33. The minimum atomic E-state index is -0.00299. The Morgan fingerprint density at radius 3 is 2.95 bits per heavy atom. The Bertz CT molecular complexity index is 661. The quantitative estimate of drug-likeness (QED) is 0.758. The monoisotopic (exact) mass is 303 g/mol. The summed E-state index contributed by atoms with van der Waals surface area (Å²) in [4.78, 5) is 0.991. The Balaban J connectivity index is 1.61. The maximum Gasteiger partial charge on any atom is 0.257 e. The number of aromatic nitrogens is 4. The minimum absolute atomic E-state index is 0.00299. The third-order valence-electron chi connectivity index (χ3n) is 3.10. The van der Waals surface area contributed by atoms with Gasteiger partial charge in [-0.2, -0.15) is 5.10 Å². The van der Waals surface area contributed by atoms with Gasteiger partial charge < -0.3 is 9.73 Å². The standard InChI is InChI=1S/C14H17N5OS/c1-10(9-19-7-4-6-15-19)16-11(2)13-17-18-14(20-13)12-5-3-8-21-12/h3-8,10-11,16H,9H2,1-2H3/t10-,11+/m1/s1. The summed E-state index contributed by atoms with van der Waals surface area (Å²) in [5.74, 6) is 1.18. The molecule has 0 amide bonds. The van der Waals surface area contributed by atoms with E-state index in [9.17, 15) is 0 Å². The molecular weight excluding hydrogens is 286 g/mol. The molecule has 0 aromatic carbocycles. The summed E-state index contributed by atoms with van der Waals surface area (Å²) in [5, 5.41) is 17.9. The molecule has 0 saturated carbocycles. The van der Waals surface area contributed by atoms with E-state index in [-0.39, 0.29) is 12.1 Å². The van der Waals surface area contributed by atoms with Crippen molar-refractivity contribution < 1.29 is 4.42 Å². The van der Waals surface area contributed by atoms with E-state index < -0.39 is 0 Å². The first kappa shape index (κ1) is 14.0. The zero-order valence-electron chi connectivity index (χ0n) is 11.9. The number of nitrogens with one attached hydrogen (secondary N) is 1. The van der Waals surface area contributed by atoms with Gasteiger partial charge in [-0.3, -0.25) is 4.68 Å². The average molecular weight is 303 g/mol. The molecule has 0 spiro atoms. The van der Waals surface area contributed by atoms with Gasteiger partial charge in [0.1, 0.15) is 0 Å². The van der Waals surface area contributed by atoms with Gasteiger partial charge in [0.25, 0.3) is 5.89 Å². The van der Waals surface area contributed by atoms with Crippen LogP contribution in [0.2, 0.25) is 0 Å². The second-order valence-corrected chi connectivity index (χ2v) is 5.89. The predicted molar refractivity (Wildman–Crippen MR) is 80.9 cm³/mol. The topological polar surface area (TPSA) is 68.8 Å². The van der Waals surface area contributed by atoms with Gasteiger partial charge in [-0.05, 0) is 31.4 Å². The van der Waals surface area contributed by atoms with Gasteiger partial charge in [-0.15, -0.1) is 21.5 Å². The third-order valence-corrected chi connectivity index (χ3v) is 3.96. The van der Waals surface area contributed by atoms with E-state index in [1.807, 2.05) is 41.4 Å². The van der Waals surface area contributed by atoms with Crippen molar-refractivity contribution in [1.82, 2.24) is 25.3 Å². The number of nitrogens with zero attached hydrogens (tertiary/aromatic N) is 4. The van der Waals surface area contributed by atoms with Crippen molar-refractivity contribution in [3.8, 4) is 10.8 Å². The second kappa shape index (κ2) is 6.19. The first-order valence-corrected chi connectivity index (χ1v) is 7.71. The normalized spacial score (nSPS) is 14.2. The Labute approximate surface area is 126 Å². The first-order chi connectivity index (χ1) is 10.2. The fourth-order valence-electron chi connectivity index (χ4n) is 2.15. The molecule has 3 rings (SSSR count). The molecule has 0 aliphatic carbocycles. The van der Waals surface area contributed by atoms with Crippen molar-refractivity contribution in [1.29, 1.82) is 0 Å². The van der Waals surface area contributed by atoms with Gasteiger partial charge in [-0.1, -0.05) is 6.07 Å². The summed E-state index contributed by atoms with van der Waals surface area (Å²) < 4.78 is 7.63. The van der Waals surface area contributed by atoms with Crippen LogP contribution < -0.4 is 5.32 Å². The molecule has 3 aromatic rings. The van der Waals surface area contributed by atoms with Crippen LogP contribution in [0.25, 0.3) is 10.8 Å². The van der Waals surface area contributed by atoms with E-state index in [2.05, 4.69) is 27.5 Å². The molecule has 0 aliphatic rings. The largest absolute Gasteiger partial charge is 0.418 e. The predicted octanol–water partition coefficient (Wildman–Crippen LogP) is 2.73. The van der Waals surface area contributed by atoms with Gasteiger partial charge in [0.2, 0.25) is 5.89 Å². The molecular formula is C14H17N5OS. The maximum absolute atomic E-state index is 5.73. The number of hydrogen-bond donors (Lipinski definition) is 1. The Morgan fingerprint density at radius 2 is 2.24 bits per heavy atom. The zero-order valence-corrected chi connectivity index (χ0v) is 12.7. The molecule has 7 heteroatoms. The van der Waals surface area contributed by atoms with Crippen LogP contribution in [-0.2, 0) is 6.54 Å². The minimum Gasteiger partial charge on any atom is -0.418 e. The van der Waals surface area contributed by atoms with Crippen molar-refractivity contribution >= 4 is 11.3 Å². The highest BCUT2D eigenvalue weighted by atomic mass is 32.1. The molecule has 0 radical (unpaired) electrons. The van der Waals surface area contributed by atoms with E-state index in [1.165, 1.54) is 0 Å². The number of rotatable bonds is 6. The molecule has 3 aromatic heterocycles. The number of thiophene rings is 1. The second-order valence-electron chi connectivity index (χ2n) is 4.94. The van der Waals surface area contributed by atoms with Crippen LogP contribution in [0.4, 0.5) is 0 Å². The average Bonchev–Trinajstić information content (AvgIpc) is 3.20. The van der Waals surface area contributed by atoms with Gasteiger partial charge >= 0.3 is 0 Å². The Hall–Kier alpha value is -1.99. The van der Waals surface area contributed by atoms with E-state index in [0.717, 1.165) is 11.4 Å². The van der Waals surface area contributed by atoms with Crippen LogP contribution in [0.1, 0.15) is 25.8 Å². The van der Waals surface area contributed by atoms with E-state index in [0.29, 0.717) is 11.8 Å². The van der Waals surface area contributed by atoms with Gasteiger partial charge in [0.15, 0.2) is 0 Å². The summed E-state index contributed by atoms with van der Waals surface area (Å²) in [6, 6.07) is 6.10. The van der Waals surface area contributed by atoms with Crippen molar-refractivity contribution in [3.05, 3.63) is 41.9 Å². The van der Waals surface area contributed by atoms with Gasteiger partial charge in [-0.25, -0.2) is 0 Å². The lowest BCUT2D eigenvalue weighted by molar-refractivity contribution is 0.362. The fourth-order valence-corrected chi connectivity index (χ4v) is 2.79. The SMILES string of the molecule is C[C@H](Cn1cccn1)N[C@@H](C)c1nnc(-c2cccs2)o1. The van der Waals surface area contributed by atoms with Crippen LogP contribution >= 0.6 is 11.3 Å². The summed E-state index contributed by atoms with van der Waals surface area (Å²) in [5.41, 5.74) is 0. The molecule has 0 aliphatic heterocycles. The Kier molecular flexibility index (Phi) is 4.12. The van der Waals surface area contributed by atoms with Crippen molar-refractivity contribution in [2.75, 3.05) is 0 Å². The van der Waals surface area contributed by atoms with Gasteiger partial charge in [0, 0.05) is 18.4 Å². The molecule has 3 heterocycles. The highest BCUT2D eigenvalue weighted by molar-refractivity contribution is 7.13. The molecule has 0 saturated heterocycles. The smallest absolute Gasteiger partial charge is 0.257 e. The van der Waals surface area contributed by atoms with Crippen LogP contribution in [0.15, 0.2) is 40.4 Å². The highest BCUT2D eigenvalue weighted by Gasteiger charge is 2.17. The van der Waals surface area contributed by atoms with Gasteiger partial charge in [0.05, 0.1) is 17.5 Å². The lowest BCUT2D eigenvalue weighted by Gasteiger charge is -2.17. The molecule has 0 fully saturated rings.